The van der Waals surface area contributed by atoms with Crippen molar-refractivity contribution in [1.82, 2.24) is 14.7 Å². The molecule has 0 aliphatic carbocycles. The van der Waals surface area contributed by atoms with Crippen LogP contribution < -0.4 is 5.32 Å². The third-order valence-corrected chi connectivity index (χ3v) is 4.60. The van der Waals surface area contributed by atoms with E-state index in [0.29, 0.717) is 18.5 Å². The van der Waals surface area contributed by atoms with Gasteiger partial charge in [-0.25, -0.2) is 9.37 Å². The number of carbonyl (C=O) groups is 2. The maximum Gasteiger partial charge on any atom is 0.252 e. The number of ketones is 1. The molecule has 0 unspecified atom stereocenters. The fourth-order valence-electron chi connectivity index (χ4n) is 3.14. The van der Waals surface area contributed by atoms with Crippen LogP contribution in [0.15, 0.2) is 79.1 Å². The molecule has 0 atom stereocenters. The highest BCUT2D eigenvalue weighted by atomic mass is 19.1. The fourth-order valence-corrected chi connectivity index (χ4v) is 3.14. The zero-order valence-electron chi connectivity index (χ0n) is 15.5. The van der Waals surface area contributed by atoms with E-state index >= 15 is 0 Å². The third-order valence-electron chi connectivity index (χ3n) is 4.60. The molecule has 0 bridgehead atoms. The minimum atomic E-state index is -0.417. The van der Waals surface area contributed by atoms with E-state index < -0.39 is 5.82 Å². The van der Waals surface area contributed by atoms with Crippen molar-refractivity contribution in [2.45, 2.75) is 6.42 Å². The molecule has 2 aromatic carbocycles. The number of aromatic nitrogens is 2. The van der Waals surface area contributed by atoms with Gasteiger partial charge in [-0.1, -0.05) is 24.3 Å². The van der Waals surface area contributed by atoms with E-state index in [1.54, 1.807) is 24.3 Å². The van der Waals surface area contributed by atoms with Crippen LogP contribution in [0.25, 0.3) is 5.65 Å². The summed E-state index contributed by atoms with van der Waals surface area (Å²) >= 11 is 0. The Morgan fingerprint density at radius 1 is 0.931 bits per heavy atom. The monoisotopic (exact) mass is 387 g/mol. The molecule has 0 radical (unpaired) electrons. The molecule has 29 heavy (non-hydrogen) atoms. The van der Waals surface area contributed by atoms with Gasteiger partial charge in [0.15, 0.2) is 5.78 Å². The molecule has 2 aromatic heterocycles. The molecule has 4 rings (SSSR count). The smallest absolute Gasteiger partial charge is 0.252 e. The summed E-state index contributed by atoms with van der Waals surface area (Å²) in [5, 5.41) is 2.85. The topological polar surface area (TPSA) is 63.5 Å². The van der Waals surface area contributed by atoms with Gasteiger partial charge in [-0.2, -0.15) is 0 Å². The van der Waals surface area contributed by atoms with E-state index in [-0.39, 0.29) is 22.8 Å². The highest BCUT2D eigenvalue weighted by molar-refractivity contribution is 6.15. The van der Waals surface area contributed by atoms with Crippen LogP contribution in [-0.2, 0) is 6.42 Å². The number of hydrogen-bond acceptors (Lipinski definition) is 3. The molecule has 0 spiro atoms. The first kappa shape index (κ1) is 18.6. The highest BCUT2D eigenvalue weighted by Gasteiger charge is 2.18. The molecule has 0 saturated carbocycles. The number of benzene rings is 2. The average Bonchev–Trinajstić information content (AvgIpc) is 3.16. The summed E-state index contributed by atoms with van der Waals surface area (Å²) in [6, 6.07) is 17.7. The Morgan fingerprint density at radius 2 is 1.66 bits per heavy atom. The number of fused-ring (bicyclic) bond motifs is 1. The van der Waals surface area contributed by atoms with E-state index in [1.165, 1.54) is 24.3 Å². The van der Waals surface area contributed by atoms with E-state index in [0.717, 1.165) is 11.3 Å². The Kier molecular flexibility index (Phi) is 5.16. The lowest BCUT2D eigenvalue weighted by Gasteiger charge is -2.09. The summed E-state index contributed by atoms with van der Waals surface area (Å²) in [5.74, 6) is -1.07. The van der Waals surface area contributed by atoms with Gasteiger partial charge >= 0.3 is 0 Å². The second-order valence-electron chi connectivity index (χ2n) is 6.59. The maximum absolute atomic E-state index is 13.1. The van der Waals surface area contributed by atoms with Crippen molar-refractivity contribution in [3.8, 4) is 0 Å². The zero-order valence-corrected chi connectivity index (χ0v) is 15.5. The van der Waals surface area contributed by atoms with E-state index in [4.69, 9.17) is 0 Å². The predicted molar refractivity (Wildman–Crippen MR) is 108 cm³/mol. The first-order valence-corrected chi connectivity index (χ1v) is 9.22. The molecule has 2 heterocycles. The second kappa shape index (κ2) is 8.06. The summed E-state index contributed by atoms with van der Waals surface area (Å²) in [6.07, 6.45) is 4.41. The molecule has 0 fully saturated rings. The van der Waals surface area contributed by atoms with Gasteiger partial charge in [0.2, 0.25) is 0 Å². The largest absolute Gasteiger partial charge is 0.352 e. The standard InChI is InChI=1S/C23H18FN3O2/c24-17-10-8-16(9-11-17)22(28)19-5-1-2-6-20(19)23(29)25-13-12-18-15-27-14-4-3-7-21(27)26-18/h1-11,14-15H,12-13H2,(H,25,29). The number of imidazole rings is 1. The number of pyridine rings is 1. The Bertz CT molecular complexity index is 1150. The number of halogens is 1. The highest BCUT2D eigenvalue weighted by Crippen LogP contribution is 2.15. The van der Waals surface area contributed by atoms with E-state index in [9.17, 15) is 14.0 Å². The van der Waals surface area contributed by atoms with Gasteiger partial charge in [0, 0.05) is 36.5 Å². The van der Waals surface area contributed by atoms with Gasteiger partial charge < -0.3 is 9.72 Å². The van der Waals surface area contributed by atoms with Gasteiger partial charge in [-0.3, -0.25) is 9.59 Å². The van der Waals surface area contributed by atoms with E-state index in [1.807, 2.05) is 35.0 Å². The molecule has 1 N–H and O–H groups in total. The normalized spacial score (nSPS) is 10.8. The quantitative estimate of drug-likeness (QED) is 0.514. The van der Waals surface area contributed by atoms with Crippen LogP contribution in [0.2, 0.25) is 0 Å². The Balaban J connectivity index is 1.46. The van der Waals surface area contributed by atoms with Gasteiger partial charge in [0.1, 0.15) is 11.5 Å². The van der Waals surface area contributed by atoms with Crippen molar-refractivity contribution in [3.05, 3.63) is 107 Å². The van der Waals surface area contributed by atoms with Crippen molar-refractivity contribution < 1.29 is 14.0 Å². The molecule has 0 saturated heterocycles. The molecule has 1 amide bonds. The summed E-state index contributed by atoms with van der Waals surface area (Å²) in [4.78, 5) is 29.9. The average molecular weight is 387 g/mol. The van der Waals surface area contributed by atoms with Crippen molar-refractivity contribution in [1.29, 1.82) is 0 Å². The van der Waals surface area contributed by atoms with Crippen LogP contribution in [0.1, 0.15) is 32.0 Å². The Hall–Kier alpha value is -3.80. The summed E-state index contributed by atoms with van der Waals surface area (Å²) < 4.78 is 15.0. The Morgan fingerprint density at radius 3 is 2.41 bits per heavy atom. The van der Waals surface area contributed by atoms with Gasteiger partial charge in [0.05, 0.1) is 11.3 Å². The fraction of sp³-hybridized carbons (Fsp3) is 0.0870. The first-order valence-electron chi connectivity index (χ1n) is 9.22. The molecule has 6 heteroatoms. The minimum absolute atomic E-state index is 0.282. The number of carbonyl (C=O) groups excluding carboxylic acids is 2. The van der Waals surface area contributed by atoms with Crippen molar-refractivity contribution in [2.75, 3.05) is 6.54 Å². The lowest BCUT2D eigenvalue weighted by molar-refractivity contribution is 0.0942. The lowest BCUT2D eigenvalue weighted by Crippen LogP contribution is -2.27. The number of hydrogen-bond donors (Lipinski definition) is 1. The minimum Gasteiger partial charge on any atom is -0.352 e. The zero-order chi connectivity index (χ0) is 20.2. The summed E-state index contributed by atoms with van der Waals surface area (Å²) in [7, 11) is 0. The molecule has 0 aliphatic heterocycles. The van der Waals surface area contributed by atoms with Crippen molar-refractivity contribution in [3.63, 3.8) is 0 Å². The van der Waals surface area contributed by atoms with Gasteiger partial charge in [0.25, 0.3) is 5.91 Å². The van der Waals surface area contributed by atoms with E-state index in [2.05, 4.69) is 10.3 Å². The van der Waals surface area contributed by atoms with Crippen molar-refractivity contribution in [2.24, 2.45) is 0 Å². The van der Waals surface area contributed by atoms with Gasteiger partial charge in [-0.05, 0) is 42.5 Å². The van der Waals surface area contributed by atoms with Crippen molar-refractivity contribution >= 4 is 17.3 Å². The lowest BCUT2D eigenvalue weighted by atomic mass is 9.98. The number of rotatable bonds is 6. The predicted octanol–water partition coefficient (Wildman–Crippen LogP) is 3.68. The summed E-state index contributed by atoms with van der Waals surface area (Å²) in [6.45, 7) is 0.391. The molecule has 5 nitrogen and oxygen atoms in total. The maximum atomic E-state index is 13.1. The van der Waals surface area contributed by atoms with Crippen LogP contribution in [0, 0.1) is 5.82 Å². The number of nitrogens with one attached hydrogen (secondary N) is 1. The number of nitrogens with zero attached hydrogens (tertiary/aromatic N) is 2. The number of amides is 1. The SMILES string of the molecule is O=C(NCCc1cn2ccccc2n1)c1ccccc1C(=O)c1ccc(F)cc1. The first-order chi connectivity index (χ1) is 14.1. The van der Waals surface area contributed by atoms with Crippen LogP contribution in [-0.4, -0.2) is 27.6 Å². The Labute approximate surface area is 166 Å². The second-order valence-corrected chi connectivity index (χ2v) is 6.59. The van der Waals surface area contributed by atoms with Crippen LogP contribution in [0.4, 0.5) is 4.39 Å². The third kappa shape index (κ3) is 4.06. The molecule has 4 aromatic rings. The molecular weight excluding hydrogens is 369 g/mol. The molecular formula is C23H18FN3O2. The van der Waals surface area contributed by atoms with Crippen LogP contribution >= 0.6 is 0 Å². The van der Waals surface area contributed by atoms with Gasteiger partial charge in [-0.15, -0.1) is 0 Å². The molecule has 144 valence electrons. The van der Waals surface area contributed by atoms with Crippen LogP contribution in [0.5, 0.6) is 0 Å². The van der Waals surface area contributed by atoms with Crippen LogP contribution in [0.3, 0.4) is 0 Å². The molecule has 0 aliphatic rings. The summed E-state index contributed by atoms with van der Waals surface area (Å²) in [5.41, 5.74) is 2.62.